The smallest absolute Gasteiger partial charge is 0.186 e. The fourth-order valence-corrected chi connectivity index (χ4v) is 5.20. The summed E-state index contributed by atoms with van der Waals surface area (Å²) < 4.78 is 18.3. The highest BCUT2D eigenvalue weighted by atomic mass is 79.9. The number of hydrogen-bond acceptors (Lipinski definition) is 3. The molecule has 3 fully saturated rings. The predicted octanol–water partition coefficient (Wildman–Crippen LogP) is 3.10. The molecule has 0 spiro atoms. The molecule has 3 saturated heterocycles. The normalized spacial score (nSPS) is 46.9. The third-order valence-electron chi connectivity index (χ3n) is 5.02. The van der Waals surface area contributed by atoms with Crippen molar-refractivity contribution in [1.82, 2.24) is 0 Å². The quantitative estimate of drug-likeness (QED) is 0.546. The predicted molar refractivity (Wildman–Crippen MR) is 85.5 cm³/mol. The maximum Gasteiger partial charge on any atom is 0.186 e. The number of rotatable bonds is 5. The molecule has 3 rings (SSSR count). The molecule has 0 saturated carbocycles. The van der Waals surface area contributed by atoms with Crippen LogP contribution in [-0.4, -0.2) is 41.4 Å². The van der Waals surface area contributed by atoms with Crippen molar-refractivity contribution in [3.8, 4) is 12.3 Å². The van der Waals surface area contributed by atoms with Gasteiger partial charge in [-0.1, -0.05) is 34.9 Å². The summed E-state index contributed by atoms with van der Waals surface area (Å²) in [5, 5.41) is -0.171. The average Bonchev–Trinajstić information content (AvgIpc) is 3.10. The summed E-state index contributed by atoms with van der Waals surface area (Å²) >= 11 is 10.3. The summed E-state index contributed by atoms with van der Waals surface area (Å²) in [6.45, 7) is 2.11. The van der Waals surface area contributed by atoms with Crippen molar-refractivity contribution in [2.45, 2.75) is 54.1 Å². The lowest BCUT2D eigenvalue weighted by Crippen LogP contribution is -2.51. The molecule has 3 aliphatic heterocycles. The topological polar surface area (TPSA) is 27.7 Å². The minimum Gasteiger partial charge on any atom is -0.371 e. The summed E-state index contributed by atoms with van der Waals surface area (Å²) in [6, 6.07) is 0. The Kier molecular flexibility index (Phi) is 4.42. The van der Waals surface area contributed by atoms with Gasteiger partial charge in [-0.15, -0.1) is 18.0 Å². The summed E-state index contributed by atoms with van der Waals surface area (Å²) in [4.78, 5) is 0.107. The van der Waals surface area contributed by atoms with E-state index >= 15 is 0 Å². The molecule has 8 atom stereocenters. The number of methoxy groups -OCH3 is 1. The Bertz CT molecular complexity index is 475. The van der Waals surface area contributed by atoms with E-state index in [2.05, 4.69) is 28.8 Å². The lowest BCUT2D eigenvalue weighted by Gasteiger charge is -2.39. The number of terminal acetylenes is 1. The van der Waals surface area contributed by atoms with Crippen molar-refractivity contribution >= 4 is 27.5 Å². The highest BCUT2D eigenvalue weighted by Gasteiger charge is 2.71. The molecule has 0 aliphatic carbocycles. The van der Waals surface area contributed by atoms with Gasteiger partial charge < -0.3 is 14.2 Å². The molecule has 3 aliphatic rings. The second-order valence-corrected chi connectivity index (χ2v) is 7.52. The fourth-order valence-electron chi connectivity index (χ4n) is 4.21. The van der Waals surface area contributed by atoms with E-state index in [4.69, 9.17) is 32.2 Å². The molecule has 0 N–H and O–H groups in total. The van der Waals surface area contributed by atoms with Crippen LogP contribution in [0.2, 0.25) is 0 Å². The Balaban J connectivity index is 1.94. The minimum atomic E-state index is -0.670. The van der Waals surface area contributed by atoms with E-state index < -0.39 is 5.79 Å². The summed E-state index contributed by atoms with van der Waals surface area (Å²) in [5.41, 5.74) is 0. The van der Waals surface area contributed by atoms with Gasteiger partial charge in [0, 0.05) is 25.4 Å². The zero-order chi connectivity index (χ0) is 15.2. The maximum atomic E-state index is 6.60. The van der Waals surface area contributed by atoms with E-state index in [9.17, 15) is 0 Å². The Hall–Kier alpha value is -0.0500. The van der Waals surface area contributed by atoms with E-state index in [0.29, 0.717) is 0 Å². The van der Waals surface area contributed by atoms with E-state index in [1.807, 2.05) is 6.08 Å². The lowest BCUT2D eigenvalue weighted by atomic mass is 9.73. The molecule has 0 aromatic heterocycles. The molecule has 2 unspecified atom stereocenters. The van der Waals surface area contributed by atoms with Gasteiger partial charge in [0.1, 0.15) is 0 Å². The van der Waals surface area contributed by atoms with Crippen LogP contribution in [0, 0.1) is 24.2 Å². The van der Waals surface area contributed by atoms with Crippen molar-refractivity contribution in [3.05, 3.63) is 12.2 Å². The van der Waals surface area contributed by atoms with Crippen LogP contribution >= 0.6 is 27.5 Å². The van der Waals surface area contributed by atoms with Crippen LogP contribution in [0.15, 0.2) is 12.2 Å². The summed E-state index contributed by atoms with van der Waals surface area (Å²) in [5.74, 6) is 2.12. The molecule has 2 bridgehead atoms. The zero-order valence-corrected chi connectivity index (χ0v) is 14.5. The third kappa shape index (κ3) is 2.21. The van der Waals surface area contributed by atoms with Gasteiger partial charge in [0.05, 0.1) is 28.5 Å². The van der Waals surface area contributed by atoms with Gasteiger partial charge >= 0.3 is 0 Å². The monoisotopic (exact) mass is 374 g/mol. The van der Waals surface area contributed by atoms with Crippen molar-refractivity contribution in [2.75, 3.05) is 7.11 Å². The first-order valence-corrected chi connectivity index (χ1v) is 8.73. The molecule has 0 radical (unpaired) electrons. The molecule has 116 valence electrons. The first-order valence-electron chi connectivity index (χ1n) is 7.38. The SMILES string of the molecule is C#C/C=C\[C@@H](Cl)[C@@H]1C2C[C@H]3O[C@@](OC)([C@@H](Br)CC)[C@@H]1C3O2. The second-order valence-electron chi connectivity index (χ2n) is 5.91. The largest absolute Gasteiger partial charge is 0.371 e. The van der Waals surface area contributed by atoms with Crippen LogP contribution in [0.25, 0.3) is 0 Å². The molecule has 3 heterocycles. The van der Waals surface area contributed by atoms with Crippen LogP contribution in [0.3, 0.4) is 0 Å². The second kappa shape index (κ2) is 5.86. The molecular formula is C16H20BrClO3. The maximum absolute atomic E-state index is 6.60. The number of ether oxygens (including phenoxy) is 3. The van der Waals surface area contributed by atoms with Gasteiger partial charge in [0.2, 0.25) is 0 Å². The number of halogens is 2. The average molecular weight is 376 g/mol. The first-order chi connectivity index (χ1) is 10.1. The summed E-state index contributed by atoms with van der Waals surface area (Å²) in [6.07, 6.45) is 10.9. The number of alkyl halides is 2. The van der Waals surface area contributed by atoms with Crippen molar-refractivity contribution in [3.63, 3.8) is 0 Å². The van der Waals surface area contributed by atoms with E-state index in [0.717, 1.165) is 12.8 Å². The van der Waals surface area contributed by atoms with Gasteiger partial charge in [-0.2, -0.15) is 0 Å². The highest BCUT2D eigenvalue weighted by molar-refractivity contribution is 9.09. The minimum absolute atomic E-state index is 0.0760. The van der Waals surface area contributed by atoms with E-state index in [-0.39, 0.29) is 40.4 Å². The van der Waals surface area contributed by atoms with Crippen molar-refractivity contribution < 1.29 is 14.2 Å². The number of fused-ring (bicyclic) bond motifs is 1. The standard InChI is InChI=1S/C16H20BrClO3/c1-4-6-7-9(18)13-10-8-11-15(20-10)14(13)16(19-3,21-11)12(17)5-2/h1,6-7,9-15H,5,8H2,2-3H3/b7-6-/t9-,10?,11-,12+,13-,14+,15?,16+/m1/s1. The van der Waals surface area contributed by atoms with Crippen LogP contribution in [0.4, 0.5) is 0 Å². The van der Waals surface area contributed by atoms with Crippen LogP contribution in [0.1, 0.15) is 19.8 Å². The van der Waals surface area contributed by atoms with Gasteiger partial charge in [0.15, 0.2) is 5.79 Å². The van der Waals surface area contributed by atoms with E-state index in [1.54, 1.807) is 13.2 Å². The fraction of sp³-hybridized carbons (Fsp3) is 0.750. The van der Waals surface area contributed by atoms with Crippen LogP contribution in [-0.2, 0) is 14.2 Å². The molecular weight excluding hydrogens is 356 g/mol. The molecule has 21 heavy (non-hydrogen) atoms. The molecule has 0 amide bonds. The Morgan fingerprint density at radius 3 is 2.95 bits per heavy atom. The molecule has 0 aromatic rings. The first kappa shape index (κ1) is 15.8. The Morgan fingerprint density at radius 1 is 1.57 bits per heavy atom. The zero-order valence-electron chi connectivity index (χ0n) is 12.2. The lowest BCUT2D eigenvalue weighted by molar-refractivity contribution is -0.229. The molecule has 0 aromatic carbocycles. The van der Waals surface area contributed by atoms with Gasteiger partial charge in [-0.05, 0) is 12.5 Å². The molecule has 5 heteroatoms. The third-order valence-corrected chi connectivity index (χ3v) is 6.74. The van der Waals surface area contributed by atoms with Gasteiger partial charge in [0.25, 0.3) is 0 Å². The number of allylic oxidation sites excluding steroid dienone is 2. The number of hydrogen-bond donors (Lipinski definition) is 0. The van der Waals surface area contributed by atoms with E-state index in [1.165, 1.54) is 0 Å². The van der Waals surface area contributed by atoms with Crippen LogP contribution < -0.4 is 0 Å². The van der Waals surface area contributed by atoms with Crippen molar-refractivity contribution in [1.29, 1.82) is 0 Å². The molecule has 3 nitrogen and oxygen atoms in total. The summed E-state index contributed by atoms with van der Waals surface area (Å²) in [7, 11) is 1.71. The van der Waals surface area contributed by atoms with Crippen LogP contribution in [0.5, 0.6) is 0 Å². The van der Waals surface area contributed by atoms with Gasteiger partial charge in [-0.3, -0.25) is 0 Å². The Morgan fingerprint density at radius 2 is 2.33 bits per heavy atom. The highest BCUT2D eigenvalue weighted by Crippen LogP contribution is 2.60. The Labute approximate surface area is 139 Å². The van der Waals surface area contributed by atoms with Crippen molar-refractivity contribution in [2.24, 2.45) is 11.8 Å². The van der Waals surface area contributed by atoms with Gasteiger partial charge in [-0.25, -0.2) is 0 Å².